The molecule has 29 heavy (non-hydrogen) atoms. The molecule has 3 aromatic rings. The van der Waals surface area contributed by atoms with Crippen molar-refractivity contribution in [2.24, 2.45) is 7.05 Å². The van der Waals surface area contributed by atoms with Crippen LogP contribution in [0.3, 0.4) is 0 Å². The van der Waals surface area contributed by atoms with Crippen LogP contribution in [0.5, 0.6) is 0 Å². The Morgan fingerprint density at radius 3 is 2.79 bits per heavy atom. The van der Waals surface area contributed by atoms with Gasteiger partial charge in [0, 0.05) is 32.1 Å². The number of nitrogens with zero attached hydrogens (tertiary/aromatic N) is 5. The summed E-state index contributed by atoms with van der Waals surface area (Å²) >= 11 is 0. The molecule has 1 unspecified atom stereocenters. The van der Waals surface area contributed by atoms with E-state index in [1.165, 1.54) is 9.25 Å². The molecule has 3 heterocycles. The summed E-state index contributed by atoms with van der Waals surface area (Å²) < 4.78 is 9.64. The third-order valence-electron chi connectivity index (χ3n) is 5.50. The van der Waals surface area contributed by atoms with Crippen LogP contribution in [-0.2, 0) is 18.4 Å². The molecule has 1 atom stereocenters. The first-order valence-electron chi connectivity index (χ1n) is 9.88. The summed E-state index contributed by atoms with van der Waals surface area (Å²) in [5.41, 5.74) is 0.934. The maximum absolute atomic E-state index is 13.0. The average Bonchev–Trinajstić information content (AvgIpc) is 3.18. The van der Waals surface area contributed by atoms with Crippen LogP contribution in [0.15, 0.2) is 38.3 Å². The van der Waals surface area contributed by atoms with Crippen LogP contribution in [-0.4, -0.2) is 42.8 Å². The predicted molar refractivity (Wildman–Crippen MR) is 107 cm³/mol. The maximum atomic E-state index is 13.0. The average molecular weight is 399 g/mol. The van der Waals surface area contributed by atoms with Crippen molar-refractivity contribution in [1.82, 2.24) is 23.8 Å². The van der Waals surface area contributed by atoms with Gasteiger partial charge in [-0.25, -0.2) is 14.3 Å². The molecule has 2 aromatic heterocycles. The first-order valence-corrected chi connectivity index (χ1v) is 9.88. The Labute approximate surface area is 167 Å². The van der Waals surface area contributed by atoms with E-state index in [4.69, 9.17) is 4.42 Å². The zero-order valence-electron chi connectivity index (χ0n) is 16.9. The molecular formula is C20H25N5O4. The molecular weight excluding hydrogens is 374 g/mol. The van der Waals surface area contributed by atoms with E-state index in [-0.39, 0.29) is 30.1 Å². The summed E-state index contributed by atoms with van der Waals surface area (Å²) in [6.07, 6.45) is 1.68. The summed E-state index contributed by atoms with van der Waals surface area (Å²) in [7, 11) is 1.65. The van der Waals surface area contributed by atoms with Gasteiger partial charge in [0.25, 0.3) is 0 Å². The van der Waals surface area contributed by atoms with Crippen LogP contribution in [0.1, 0.15) is 44.5 Å². The molecule has 1 saturated heterocycles. The lowest BCUT2D eigenvalue weighted by Gasteiger charge is -2.32. The van der Waals surface area contributed by atoms with Crippen LogP contribution in [0.4, 0.5) is 0 Å². The van der Waals surface area contributed by atoms with E-state index in [9.17, 15) is 14.4 Å². The fourth-order valence-electron chi connectivity index (χ4n) is 4.08. The number of amides is 1. The molecule has 154 valence electrons. The lowest BCUT2D eigenvalue weighted by Crippen LogP contribution is -2.42. The molecule has 1 amide bonds. The highest BCUT2D eigenvalue weighted by Crippen LogP contribution is 2.26. The number of carbonyl (C=O) groups excluding carboxylic acids is 1. The molecule has 1 aliphatic rings. The summed E-state index contributed by atoms with van der Waals surface area (Å²) in [4.78, 5) is 39.3. The van der Waals surface area contributed by atoms with E-state index < -0.39 is 5.76 Å². The molecule has 0 saturated carbocycles. The molecule has 0 N–H and O–H groups in total. The van der Waals surface area contributed by atoms with Gasteiger partial charge in [-0.05, 0) is 38.8 Å². The van der Waals surface area contributed by atoms with Gasteiger partial charge in [0.15, 0.2) is 5.58 Å². The topological polar surface area (TPSA) is 95.3 Å². The number of hydrogen-bond donors (Lipinski definition) is 0. The maximum Gasteiger partial charge on any atom is 0.420 e. The van der Waals surface area contributed by atoms with Gasteiger partial charge in [-0.2, -0.15) is 5.10 Å². The molecule has 0 spiro atoms. The number of para-hydroxylation sites is 2. The number of hydrogen-bond acceptors (Lipinski definition) is 5. The number of carbonyl (C=O) groups is 1. The van der Waals surface area contributed by atoms with Gasteiger partial charge in [-0.1, -0.05) is 12.1 Å². The van der Waals surface area contributed by atoms with Gasteiger partial charge < -0.3 is 9.32 Å². The first kappa shape index (κ1) is 19.2. The van der Waals surface area contributed by atoms with E-state index in [0.29, 0.717) is 24.2 Å². The number of likely N-dealkylation sites (tertiary alicyclic amines) is 1. The minimum Gasteiger partial charge on any atom is -0.408 e. The third kappa shape index (κ3) is 3.41. The quantitative estimate of drug-likeness (QED) is 0.662. The first-order chi connectivity index (χ1) is 13.9. The third-order valence-corrected chi connectivity index (χ3v) is 5.50. The van der Waals surface area contributed by atoms with Gasteiger partial charge in [0.05, 0.1) is 5.52 Å². The SMILES string of the molecule is CC(C)n1c(C2CCCN(C(=O)Cn3c(=O)oc4ccccc43)C2)nn(C)c1=O. The minimum atomic E-state index is -0.536. The zero-order valence-corrected chi connectivity index (χ0v) is 16.9. The van der Waals surface area contributed by atoms with Crippen molar-refractivity contribution in [2.45, 2.75) is 45.2 Å². The highest BCUT2D eigenvalue weighted by molar-refractivity contribution is 5.79. The van der Waals surface area contributed by atoms with Gasteiger partial charge in [0.1, 0.15) is 12.4 Å². The van der Waals surface area contributed by atoms with Crippen LogP contribution in [0.2, 0.25) is 0 Å². The second-order valence-electron chi connectivity index (χ2n) is 7.83. The Balaban J connectivity index is 1.57. The number of aryl methyl sites for hydroxylation is 1. The van der Waals surface area contributed by atoms with Crippen molar-refractivity contribution in [3.63, 3.8) is 0 Å². The second kappa shape index (κ2) is 7.38. The Bertz CT molecular complexity index is 1170. The van der Waals surface area contributed by atoms with Crippen molar-refractivity contribution >= 4 is 17.0 Å². The molecule has 1 fully saturated rings. The normalized spacial score (nSPS) is 17.4. The summed E-state index contributed by atoms with van der Waals surface area (Å²) in [5.74, 6) is 0.0296. The summed E-state index contributed by atoms with van der Waals surface area (Å²) in [6, 6.07) is 7.06. The van der Waals surface area contributed by atoms with E-state index in [1.54, 1.807) is 40.8 Å². The minimum absolute atomic E-state index is 0.00634. The number of benzene rings is 1. The van der Waals surface area contributed by atoms with Crippen LogP contribution in [0.25, 0.3) is 11.1 Å². The fourth-order valence-corrected chi connectivity index (χ4v) is 4.08. The number of oxazole rings is 1. The number of rotatable bonds is 4. The molecule has 0 aliphatic carbocycles. The molecule has 1 aromatic carbocycles. The van der Waals surface area contributed by atoms with Gasteiger partial charge in [-0.3, -0.25) is 13.9 Å². The monoisotopic (exact) mass is 399 g/mol. The van der Waals surface area contributed by atoms with Crippen molar-refractivity contribution in [3.8, 4) is 0 Å². The van der Waals surface area contributed by atoms with E-state index >= 15 is 0 Å². The van der Waals surface area contributed by atoms with E-state index in [1.807, 2.05) is 13.8 Å². The fraction of sp³-hybridized carbons (Fsp3) is 0.500. The van der Waals surface area contributed by atoms with Crippen molar-refractivity contribution < 1.29 is 9.21 Å². The van der Waals surface area contributed by atoms with Crippen LogP contribution < -0.4 is 11.4 Å². The number of aromatic nitrogens is 4. The van der Waals surface area contributed by atoms with Crippen LogP contribution >= 0.6 is 0 Å². The molecule has 1 aliphatic heterocycles. The van der Waals surface area contributed by atoms with Gasteiger partial charge >= 0.3 is 11.4 Å². The molecule has 4 rings (SSSR count). The van der Waals surface area contributed by atoms with Crippen molar-refractivity contribution in [1.29, 1.82) is 0 Å². The Morgan fingerprint density at radius 1 is 1.28 bits per heavy atom. The highest BCUT2D eigenvalue weighted by atomic mass is 16.4. The standard InChI is InChI=1S/C20H25N5O4/c1-13(2)25-18(21-22(3)19(25)27)14-7-6-10-23(11-14)17(26)12-24-15-8-4-5-9-16(15)29-20(24)28/h4-5,8-9,13-14H,6-7,10-12H2,1-3H3. The zero-order chi connectivity index (χ0) is 20.7. The lowest BCUT2D eigenvalue weighted by molar-refractivity contribution is -0.133. The van der Waals surface area contributed by atoms with Crippen LogP contribution in [0, 0.1) is 0 Å². The lowest BCUT2D eigenvalue weighted by atomic mass is 9.96. The summed E-state index contributed by atoms with van der Waals surface area (Å²) in [5, 5.41) is 4.44. The Hall–Kier alpha value is -3.10. The smallest absolute Gasteiger partial charge is 0.408 e. The van der Waals surface area contributed by atoms with Gasteiger partial charge in [-0.15, -0.1) is 0 Å². The Morgan fingerprint density at radius 2 is 2.03 bits per heavy atom. The summed E-state index contributed by atoms with van der Waals surface area (Å²) in [6.45, 7) is 4.94. The molecule has 0 bridgehead atoms. The number of fused-ring (bicyclic) bond motifs is 1. The Kier molecular flexibility index (Phi) is 4.89. The molecule has 9 nitrogen and oxygen atoms in total. The number of piperidine rings is 1. The second-order valence-corrected chi connectivity index (χ2v) is 7.83. The van der Waals surface area contributed by atoms with E-state index in [2.05, 4.69) is 5.10 Å². The molecule has 0 radical (unpaired) electrons. The van der Waals surface area contributed by atoms with E-state index in [0.717, 1.165) is 18.7 Å². The van der Waals surface area contributed by atoms with Gasteiger partial charge in [0.2, 0.25) is 5.91 Å². The predicted octanol–water partition coefficient (Wildman–Crippen LogP) is 1.48. The highest BCUT2D eigenvalue weighted by Gasteiger charge is 2.30. The largest absolute Gasteiger partial charge is 0.420 e. The van der Waals surface area contributed by atoms with Crippen molar-refractivity contribution in [2.75, 3.05) is 13.1 Å². The van der Waals surface area contributed by atoms with Crippen molar-refractivity contribution in [3.05, 3.63) is 51.1 Å². The molecule has 9 heteroatoms.